The SMILES string of the molecule is C[C@@H](/C=C/CCO)[C@]1(O)C(=O)N(Cc2cccc(N3CCCCCCC3=O)c2)c2ccccc21. The molecule has 0 unspecified atom stereocenters. The van der Waals surface area contributed by atoms with Crippen molar-refractivity contribution in [2.75, 3.05) is 23.0 Å². The number of carbonyl (C=O) groups is 2. The van der Waals surface area contributed by atoms with Gasteiger partial charge in [0.2, 0.25) is 5.91 Å². The van der Waals surface area contributed by atoms with Crippen molar-refractivity contribution in [3.63, 3.8) is 0 Å². The van der Waals surface area contributed by atoms with E-state index < -0.39 is 11.5 Å². The van der Waals surface area contributed by atoms with Crippen LogP contribution in [0.5, 0.6) is 0 Å². The lowest BCUT2D eigenvalue weighted by Gasteiger charge is -2.28. The van der Waals surface area contributed by atoms with Crippen LogP contribution >= 0.6 is 0 Å². The number of amides is 2. The third-order valence-electron chi connectivity index (χ3n) is 6.94. The Morgan fingerprint density at radius 2 is 1.85 bits per heavy atom. The van der Waals surface area contributed by atoms with Crippen molar-refractivity contribution in [2.45, 2.75) is 57.6 Å². The summed E-state index contributed by atoms with van der Waals surface area (Å²) in [7, 11) is 0. The second kappa shape index (κ2) is 10.5. The first kappa shape index (κ1) is 24.2. The molecular formula is C28H34N2O4. The van der Waals surface area contributed by atoms with Gasteiger partial charge in [0, 0.05) is 36.7 Å². The van der Waals surface area contributed by atoms with E-state index in [0.29, 0.717) is 37.2 Å². The second-order valence-corrected chi connectivity index (χ2v) is 9.28. The van der Waals surface area contributed by atoms with Gasteiger partial charge in [-0.15, -0.1) is 0 Å². The van der Waals surface area contributed by atoms with E-state index in [2.05, 4.69) is 0 Å². The Morgan fingerprint density at radius 1 is 1.06 bits per heavy atom. The molecule has 6 nitrogen and oxygen atoms in total. The fraction of sp³-hybridized carbons (Fsp3) is 0.429. The van der Waals surface area contributed by atoms with Crippen LogP contribution in [0, 0.1) is 5.92 Å². The van der Waals surface area contributed by atoms with Crippen LogP contribution in [0.2, 0.25) is 0 Å². The summed E-state index contributed by atoms with van der Waals surface area (Å²) in [6.07, 6.45) is 8.78. The average molecular weight is 463 g/mol. The number of aliphatic hydroxyl groups excluding tert-OH is 1. The molecule has 2 aliphatic rings. The number of hydrogen-bond donors (Lipinski definition) is 2. The standard InChI is InChI=1S/C28H34N2O4/c1-21(11-7-9-18-31)28(34)24-14-5-6-15-25(24)30(27(28)33)20-22-12-10-13-23(19-22)29-17-8-3-2-4-16-26(29)32/h5-7,10-15,19,21,31,34H,2-4,8-9,16-18,20H2,1H3/b11-7+/t21-,28+/m0/s1. The van der Waals surface area contributed by atoms with Gasteiger partial charge in [-0.05, 0) is 43.0 Å². The van der Waals surface area contributed by atoms with Crippen LogP contribution < -0.4 is 9.80 Å². The van der Waals surface area contributed by atoms with Gasteiger partial charge in [0.15, 0.2) is 5.60 Å². The molecular weight excluding hydrogens is 428 g/mol. The topological polar surface area (TPSA) is 81.1 Å². The summed E-state index contributed by atoms with van der Waals surface area (Å²) >= 11 is 0. The highest BCUT2D eigenvalue weighted by Crippen LogP contribution is 2.45. The van der Waals surface area contributed by atoms with Crippen molar-refractivity contribution in [1.82, 2.24) is 0 Å². The van der Waals surface area contributed by atoms with E-state index in [9.17, 15) is 14.7 Å². The summed E-state index contributed by atoms with van der Waals surface area (Å²) in [5.41, 5.74) is 1.39. The molecule has 0 aromatic heterocycles. The van der Waals surface area contributed by atoms with Crippen molar-refractivity contribution < 1.29 is 19.8 Å². The van der Waals surface area contributed by atoms with Gasteiger partial charge in [-0.1, -0.05) is 62.2 Å². The molecule has 2 aromatic carbocycles. The van der Waals surface area contributed by atoms with Crippen LogP contribution in [-0.4, -0.2) is 35.2 Å². The minimum Gasteiger partial charge on any atom is -0.396 e. The Hall–Kier alpha value is -2.96. The van der Waals surface area contributed by atoms with E-state index in [1.165, 1.54) is 0 Å². The highest BCUT2D eigenvalue weighted by molar-refractivity contribution is 6.07. The molecule has 0 spiro atoms. The number of para-hydroxylation sites is 1. The quantitative estimate of drug-likeness (QED) is 0.602. The summed E-state index contributed by atoms with van der Waals surface area (Å²) in [6.45, 7) is 2.86. The molecule has 2 N–H and O–H groups in total. The van der Waals surface area contributed by atoms with E-state index in [0.717, 1.165) is 36.9 Å². The zero-order valence-electron chi connectivity index (χ0n) is 19.8. The molecule has 6 heteroatoms. The molecule has 2 amide bonds. The lowest BCUT2D eigenvalue weighted by Crippen LogP contribution is -2.44. The number of carbonyl (C=O) groups excluding carboxylic acids is 2. The Balaban J connectivity index is 1.61. The zero-order chi connectivity index (χ0) is 24.1. The maximum Gasteiger partial charge on any atom is 0.264 e. The first-order valence-electron chi connectivity index (χ1n) is 12.3. The number of rotatable bonds is 7. The van der Waals surface area contributed by atoms with Crippen LogP contribution in [0.1, 0.15) is 56.6 Å². The monoisotopic (exact) mass is 462 g/mol. The Bertz CT molecular complexity index is 1070. The maximum atomic E-state index is 13.6. The fourth-order valence-corrected chi connectivity index (χ4v) is 5.01. The van der Waals surface area contributed by atoms with Crippen LogP contribution in [0.25, 0.3) is 0 Å². The van der Waals surface area contributed by atoms with Crippen molar-refractivity contribution in [3.05, 3.63) is 71.8 Å². The summed E-state index contributed by atoms with van der Waals surface area (Å²) in [6, 6.07) is 15.2. The van der Waals surface area contributed by atoms with Gasteiger partial charge in [-0.3, -0.25) is 9.59 Å². The van der Waals surface area contributed by atoms with Crippen molar-refractivity contribution in [2.24, 2.45) is 5.92 Å². The van der Waals surface area contributed by atoms with Gasteiger partial charge < -0.3 is 20.0 Å². The lowest BCUT2D eigenvalue weighted by atomic mass is 9.83. The van der Waals surface area contributed by atoms with Crippen molar-refractivity contribution >= 4 is 23.2 Å². The molecule has 1 saturated heterocycles. The molecule has 2 atom stereocenters. The van der Waals surface area contributed by atoms with Gasteiger partial charge in [0.05, 0.1) is 12.2 Å². The van der Waals surface area contributed by atoms with Crippen molar-refractivity contribution in [3.8, 4) is 0 Å². The van der Waals surface area contributed by atoms with E-state index in [-0.39, 0.29) is 18.4 Å². The van der Waals surface area contributed by atoms with E-state index in [1.807, 2.05) is 54.3 Å². The van der Waals surface area contributed by atoms with Gasteiger partial charge >= 0.3 is 0 Å². The molecule has 2 aliphatic heterocycles. The summed E-state index contributed by atoms with van der Waals surface area (Å²) in [4.78, 5) is 29.8. The maximum absolute atomic E-state index is 13.6. The summed E-state index contributed by atoms with van der Waals surface area (Å²) in [5, 5.41) is 20.7. The predicted molar refractivity (Wildman–Crippen MR) is 133 cm³/mol. The van der Waals surface area contributed by atoms with E-state index >= 15 is 0 Å². The highest BCUT2D eigenvalue weighted by Gasteiger charge is 2.52. The lowest BCUT2D eigenvalue weighted by molar-refractivity contribution is -0.139. The minimum absolute atomic E-state index is 0.0220. The molecule has 0 aliphatic carbocycles. The van der Waals surface area contributed by atoms with Crippen LogP contribution in [0.3, 0.4) is 0 Å². The van der Waals surface area contributed by atoms with Crippen LogP contribution in [0.4, 0.5) is 11.4 Å². The number of aliphatic hydroxyl groups is 2. The second-order valence-electron chi connectivity index (χ2n) is 9.28. The Morgan fingerprint density at radius 3 is 2.68 bits per heavy atom. The third kappa shape index (κ3) is 4.65. The fourth-order valence-electron chi connectivity index (χ4n) is 5.01. The molecule has 4 rings (SSSR count). The van der Waals surface area contributed by atoms with Crippen LogP contribution in [0.15, 0.2) is 60.7 Å². The Kier molecular flexibility index (Phi) is 7.49. The summed E-state index contributed by atoms with van der Waals surface area (Å²) < 4.78 is 0. The van der Waals surface area contributed by atoms with Gasteiger partial charge in [-0.2, -0.15) is 0 Å². The molecule has 2 aromatic rings. The number of nitrogens with zero attached hydrogens (tertiary/aromatic N) is 2. The number of fused-ring (bicyclic) bond motifs is 1. The van der Waals surface area contributed by atoms with Gasteiger partial charge in [0.25, 0.3) is 5.91 Å². The first-order valence-corrected chi connectivity index (χ1v) is 12.3. The predicted octanol–water partition coefficient (Wildman–Crippen LogP) is 4.29. The van der Waals surface area contributed by atoms with Crippen molar-refractivity contribution in [1.29, 1.82) is 0 Å². The molecule has 2 heterocycles. The molecule has 180 valence electrons. The normalized spacial score (nSPS) is 22.1. The van der Waals surface area contributed by atoms with Crippen LogP contribution in [-0.2, 0) is 21.7 Å². The Labute approximate surface area is 201 Å². The number of anilines is 2. The average Bonchev–Trinajstić information content (AvgIpc) is 3.05. The highest BCUT2D eigenvalue weighted by atomic mass is 16.3. The smallest absolute Gasteiger partial charge is 0.264 e. The first-order chi connectivity index (χ1) is 16.5. The zero-order valence-corrected chi connectivity index (χ0v) is 19.8. The van der Waals surface area contributed by atoms with E-state index in [1.54, 1.807) is 23.1 Å². The molecule has 34 heavy (non-hydrogen) atoms. The summed E-state index contributed by atoms with van der Waals surface area (Å²) in [5.74, 6) is -0.664. The molecule has 0 bridgehead atoms. The molecule has 1 fully saturated rings. The van der Waals surface area contributed by atoms with Gasteiger partial charge in [-0.25, -0.2) is 0 Å². The number of hydrogen-bond acceptors (Lipinski definition) is 4. The largest absolute Gasteiger partial charge is 0.396 e. The third-order valence-corrected chi connectivity index (χ3v) is 6.94. The van der Waals surface area contributed by atoms with Gasteiger partial charge in [0.1, 0.15) is 0 Å². The van der Waals surface area contributed by atoms with E-state index in [4.69, 9.17) is 5.11 Å². The minimum atomic E-state index is -1.67. The molecule has 0 radical (unpaired) electrons. The number of benzene rings is 2. The molecule has 0 saturated carbocycles.